The van der Waals surface area contributed by atoms with Gasteiger partial charge in [0.25, 0.3) is 5.91 Å². The van der Waals surface area contributed by atoms with Gasteiger partial charge in [-0.2, -0.15) is 0 Å². The van der Waals surface area contributed by atoms with E-state index < -0.39 is 17.5 Å². The van der Waals surface area contributed by atoms with E-state index in [0.29, 0.717) is 15.2 Å². The number of nitrogens with one attached hydrogen (secondary N) is 1. The van der Waals surface area contributed by atoms with E-state index >= 15 is 0 Å². The maximum absolute atomic E-state index is 13.0. The lowest BCUT2D eigenvalue weighted by molar-refractivity contribution is 0.102. The molecule has 0 aliphatic heterocycles. The van der Waals surface area contributed by atoms with Gasteiger partial charge in [0, 0.05) is 15.7 Å². The molecule has 1 amide bonds. The fraction of sp³-hybridized carbons (Fsp3) is 0. The van der Waals surface area contributed by atoms with Gasteiger partial charge < -0.3 is 5.32 Å². The average molecular weight is 347 g/mol. The van der Waals surface area contributed by atoms with Crippen molar-refractivity contribution < 1.29 is 13.6 Å². The molecule has 0 fully saturated rings. The van der Waals surface area contributed by atoms with Crippen LogP contribution >= 0.6 is 27.5 Å². The molecule has 0 unspecified atom stereocenters. The normalized spacial score (nSPS) is 10.3. The summed E-state index contributed by atoms with van der Waals surface area (Å²) in [6.45, 7) is 0. The third kappa shape index (κ3) is 3.30. The van der Waals surface area contributed by atoms with Crippen LogP contribution in [0.3, 0.4) is 0 Å². The van der Waals surface area contributed by atoms with Crippen molar-refractivity contribution in [1.29, 1.82) is 0 Å². The van der Waals surface area contributed by atoms with Crippen molar-refractivity contribution in [3.8, 4) is 0 Å². The van der Waals surface area contributed by atoms with Crippen LogP contribution in [0, 0.1) is 11.6 Å². The lowest BCUT2D eigenvalue weighted by Gasteiger charge is -2.06. The summed E-state index contributed by atoms with van der Waals surface area (Å²) in [5, 5.41) is 2.97. The SMILES string of the molecule is O=C(Nc1ccc(Br)c(Cl)c1)c1ccc(F)c(F)c1. The molecule has 0 radical (unpaired) electrons. The maximum atomic E-state index is 13.0. The molecule has 0 saturated heterocycles. The van der Waals surface area contributed by atoms with Gasteiger partial charge in [-0.25, -0.2) is 8.78 Å². The number of carbonyl (C=O) groups excluding carboxylic acids is 1. The first kappa shape index (κ1) is 14.0. The van der Waals surface area contributed by atoms with Crippen LogP contribution in [-0.4, -0.2) is 5.91 Å². The minimum atomic E-state index is -1.07. The Morgan fingerprint density at radius 3 is 2.47 bits per heavy atom. The van der Waals surface area contributed by atoms with E-state index in [9.17, 15) is 13.6 Å². The molecule has 0 saturated carbocycles. The number of rotatable bonds is 2. The summed E-state index contributed by atoms with van der Waals surface area (Å²) >= 11 is 9.10. The number of anilines is 1. The van der Waals surface area contributed by atoms with Crippen LogP contribution in [0.15, 0.2) is 40.9 Å². The number of carbonyl (C=O) groups is 1. The van der Waals surface area contributed by atoms with E-state index in [1.54, 1.807) is 18.2 Å². The highest BCUT2D eigenvalue weighted by Crippen LogP contribution is 2.25. The second kappa shape index (κ2) is 5.67. The number of benzene rings is 2. The van der Waals surface area contributed by atoms with E-state index in [1.165, 1.54) is 6.07 Å². The van der Waals surface area contributed by atoms with E-state index in [1.807, 2.05) is 0 Å². The number of hydrogen-bond donors (Lipinski definition) is 1. The van der Waals surface area contributed by atoms with E-state index in [-0.39, 0.29) is 5.56 Å². The van der Waals surface area contributed by atoms with Gasteiger partial charge in [0.15, 0.2) is 11.6 Å². The Bertz CT molecular complexity index is 649. The van der Waals surface area contributed by atoms with Gasteiger partial charge in [-0.15, -0.1) is 0 Å². The monoisotopic (exact) mass is 345 g/mol. The number of halogens is 4. The summed E-state index contributed by atoms with van der Waals surface area (Å²) < 4.78 is 26.5. The molecule has 2 nitrogen and oxygen atoms in total. The van der Waals surface area contributed by atoms with Crippen molar-refractivity contribution in [2.24, 2.45) is 0 Å². The highest BCUT2D eigenvalue weighted by atomic mass is 79.9. The highest BCUT2D eigenvalue weighted by molar-refractivity contribution is 9.10. The molecule has 0 spiro atoms. The second-order valence-electron chi connectivity index (χ2n) is 3.71. The summed E-state index contributed by atoms with van der Waals surface area (Å²) in [6.07, 6.45) is 0. The van der Waals surface area contributed by atoms with Crippen molar-refractivity contribution in [3.05, 3.63) is 63.1 Å². The first-order chi connectivity index (χ1) is 8.97. The van der Waals surface area contributed by atoms with Gasteiger partial charge >= 0.3 is 0 Å². The Balaban J connectivity index is 2.20. The molecular formula is C13H7BrClF2NO. The molecule has 0 heterocycles. The first-order valence-corrected chi connectivity index (χ1v) is 6.36. The van der Waals surface area contributed by atoms with Crippen LogP contribution < -0.4 is 5.32 Å². The molecule has 98 valence electrons. The zero-order valence-corrected chi connectivity index (χ0v) is 11.7. The van der Waals surface area contributed by atoms with Crippen molar-refractivity contribution >= 4 is 39.1 Å². The van der Waals surface area contributed by atoms with E-state index in [0.717, 1.165) is 12.1 Å². The molecule has 0 aliphatic rings. The van der Waals surface area contributed by atoms with Crippen LogP contribution in [0.25, 0.3) is 0 Å². The predicted molar refractivity (Wildman–Crippen MR) is 73.5 cm³/mol. The Kier molecular flexibility index (Phi) is 4.17. The summed E-state index contributed by atoms with van der Waals surface area (Å²) in [7, 11) is 0. The molecule has 0 aliphatic carbocycles. The standard InChI is InChI=1S/C13H7BrClF2NO/c14-9-3-2-8(6-10(9)15)18-13(19)7-1-4-11(16)12(17)5-7/h1-6H,(H,18,19). The minimum Gasteiger partial charge on any atom is -0.322 e. The smallest absolute Gasteiger partial charge is 0.255 e. The zero-order chi connectivity index (χ0) is 14.0. The lowest BCUT2D eigenvalue weighted by Crippen LogP contribution is -2.12. The highest BCUT2D eigenvalue weighted by Gasteiger charge is 2.10. The summed E-state index contributed by atoms with van der Waals surface area (Å²) in [5.74, 6) is -2.61. The molecule has 0 atom stereocenters. The molecule has 19 heavy (non-hydrogen) atoms. The van der Waals surface area contributed by atoms with Crippen molar-refractivity contribution in [2.75, 3.05) is 5.32 Å². The second-order valence-corrected chi connectivity index (χ2v) is 4.97. The Morgan fingerprint density at radius 1 is 1.11 bits per heavy atom. The molecule has 2 aromatic carbocycles. The van der Waals surface area contributed by atoms with Gasteiger partial charge in [0.2, 0.25) is 0 Å². The van der Waals surface area contributed by atoms with Crippen LogP contribution in [0.1, 0.15) is 10.4 Å². The molecule has 0 aromatic heterocycles. The van der Waals surface area contributed by atoms with Crippen LogP contribution in [-0.2, 0) is 0 Å². The predicted octanol–water partition coefficient (Wildman–Crippen LogP) is 4.63. The van der Waals surface area contributed by atoms with Crippen LogP contribution in [0.4, 0.5) is 14.5 Å². The number of amides is 1. The largest absolute Gasteiger partial charge is 0.322 e. The van der Waals surface area contributed by atoms with E-state index in [2.05, 4.69) is 21.2 Å². The van der Waals surface area contributed by atoms with Crippen molar-refractivity contribution in [1.82, 2.24) is 0 Å². The Labute approximate surface area is 121 Å². The van der Waals surface area contributed by atoms with Gasteiger partial charge in [-0.1, -0.05) is 11.6 Å². The Morgan fingerprint density at radius 2 is 1.84 bits per heavy atom. The van der Waals surface area contributed by atoms with Crippen molar-refractivity contribution in [3.63, 3.8) is 0 Å². The van der Waals surface area contributed by atoms with Gasteiger partial charge in [-0.3, -0.25) is 4.79 Å². The van der Waals surface area contributed by atoms with Crippen LogP contribution in [0.5, 0.6) is 0 Å². The quantitative estimate of drug-likeness (QED) is 0.844. The number of hydrogen-bond acceptors (Lipinski definition) is 1. The van der Waals surface area contributed by atoms with Crippen LogP contribution in [0.2, 0.25) is 5.02 Å². The molecule has 2 aromatic rings. The summed E-state index contributed by atoms with van der Waals surface area (Å²) in [4.78, 5) is 11.8. The minimum absolute atomic E-state index is 0.0259. The van der Waals surface area contributed by atoms with Gasteiger partial charge in [0.1, 0.15) is 0 Å². The van der Waals surface area contributed by atoms with E-state index in [4.69, 9.17) is 11.6 Å². The maximum Gasteiger partial charge on any atom is 0.255 e. The Hall–Kier alpha value is -1.46. The fourth-order valence-electron chi connectivity index (χ4n) is 1.41. The average Bonchev–Trinajstić information content (AvgIpc) is 2.37. The molecule has 0 bridgehead atoms. The van der Waals surface area contributed by atoms with Gasteiger partial charge in [-0.05, 0) is 52.3 Å². The molecule has 2 rings (SSSR count). The zero-order valence-electron chi connectivity index (χ0n) is 9.38. The third-order valence-corrected chi connectivity index (χ3v) is 3.59. The summed E-state index contributed by atoms with van der Waals surface area (Å²) in [6, 6.07) is 7.79. The van der Waals surface area contributed by atoms with Gasteiger partial charge in [0.05, 0.1) is 5.02 Å². The van der Waals surface area contributed by atoms with Crippen molar-refractivity contribution in [2.45, 2.75) is 0 Å². The topological polar surface area (TPSA) is 29.1 Å². The first-order valence-electron chi connectivity index (χ1n) is 5.19. The summed E-state index contributed by atoms with van der Waals surface area (Å²) in [5.41, 5.74) is 0.487. The molecular weight excluding hydrogens is 340 g/mol. The third-order valence-electron chi connectivity index (χ3n) is 2.36. The molecule has 1 N–H and O–H groups in total. The fourth-order valence-corrected chi connectivity index (χ4v) is 1.84. The molecule has 6 heteroatoms. The lowest BCUT2D eigenvalue weighted by atomic mass is 10.2.